The molecule has 0 spiro atoms. The summed E-state index contributed by atoms with van der Waals surface area (Å²) in [6, 6.07) is 12.3. The van der Waals surface area contributed by atoms with Gasteiger partial charge < -0.3 is 14.3 Å². The van der Waals surface area contributed by atoms with Crippen LogP contribution < -0.4 is 16.6 Å². The van der Waals surface area contributed by atoms with Gasteiger partial charge in [-0.05, 0) is 18.2 Å². The monoisotopic (exact) mass is 463 g/mol. The van der Waals surface area contributed by atoms with Gasteiger partial charge in [0.15, 0.2) is 5.65 Å². The molecule has 0 fully saturated rings. The Kier molecular flexibility index (Phi) is 5.26. The lowest BCUT2D eigenvalue weighted by Crippen LogP contribution is -2.33. The van der Waals surface area contributed by atoms with E-state index in [4.69, 9.17) is 4.42 Å². The zero-order valence-electron chi connectivity index (χ0n) is 17.3. The fourth-order valence-electron chi connectivity index (χ4n) is 3.50. The Hall–Kier alpha value is -4.19. The highest BCUT2D eigenvalue weighted by Gasteiger charge is 2.15. The van der Waals surface area contributed by atoms with Crippen molar-refractivity contribution in [2.24, 2.45) is 7.05 Å². The molecule has 0 aliphatic carbocycles. The molecule has 0 aliphatic rings. The van der Waals surface area contributed by atoms with Gasteiger partial charge in [0, 0.05) is 18.5 Å². The minimum atomic E-state index is -0.657. The Morgan fingerprint density at radius 3 is 2.85 bits per heavy atom. The Morgan fingerprint density at radius 2 is 2.03 bits per heavy atom. The van der Waals surface area contributed by atoms with Crippen LogP contribution in [0.2, 0.25) is 0 Å². The predicted molar refractivity (Wildman–Crippen MR) is 122 cm³/mol. The molecule has 4 heterocycles. The van der Waals surface area contributed by atoms with Gasteiger partial charge in [0.05, 0.1) is 24.1 Å². The lowest BCUT2D eigenvalue weighted by Gasteiger charge is -2.11. The van der Waals surface area contributed by atoms with Crippen molar-refractivity contribution in [3.05, 3.63) is 75.3 Å². The number of aryl methyl sites for hydroxylation is 1. The van der Waals surface area contributed by atoms with Crippen molar-refractivity contribution in [1.82, 2.24) is 29.3 Å². The number of hydrogen-bond acceptors (Lipinski definition) is 8. The molecule has 1 amide bonds. The number of para-hydroxylation sites is 1. The Balaban J connectivity index is 1.34. The molecule has 2 N–H and O–H groups in total. The van der Waals surface area contributed by atoms with Gasteiger partial charge in [0.25, 0.3) is 5.56 Å². The number of fused-ring (bicyclic) bond motifs is 3. The van der Waals surface area contributed by atoms with Gasteiger partial charge in [0.2, 0.25) is 11.1 Å². The topological polar surface area (TPSA) is 141 Å². The Bertz CT molecular complexity index is 1600. The fourth-order valence-corrected chi connectivity index (χ4v) is 4.08. The first-order valence-corrected chi connectivity index (χ1v) is 10.9. The van der Waals surface area contributed by atoms with E-state index in [2.05, 4.69) is 25.5 Å². The molecule has 0 radical (unpaired) electrons. The number of amides is 1. The lowest BCUT2D eigenvalue weighted by molar-refractivity contribution is -0.113. The minimum absolute atomic E-state index is 0.0428. The molecule has 0 saturated heterocycles. The largest absolute Gasteiger partial charge is 0.467 e. The summed E-state index contributed by atoms with van der Waals surface area (Å²) in [6.07, 6.45) is 1.47. The lowest BCUT2D eigenvalue weighted by atomic mass is 10.2. The summed E-state index contributed by atoms with van der Waals surface area (Å²) in [7, 11) is 1.89. The number of nitrogens with zero attached hydrogens (tertiary/aromatic N) is 5. The van der Waals surface area contributed by atoms with Crippen LogP contribution in [-0.4, -0.2) is 41.0 Å². The van der Waals surface area contributed by atoms with Crippen molar-refractivity contribution < 1.29 is 9.21 Å². The van der Waals surface area contributed by atoms with Crippen molar-refractivity contribution in [2.75, 3.05) is 11.1 Å². The zero-order valence-corrected chi connectivity index (χ0v) is 18.1. The SMILES string of the molecule is Cn1c2ccccc2c2nnc(SCC(=O)Nc3cc(=O)[nH]c(=O)n3Cc3ccco3)nc21. The Morgan fingerprint density at radius 1 is 1.18 bits per heavy atom. The minimum Gasteiger partial charge on any atom is -0.467 e. The van der Waals surface area contributed by atoms with E-state index < -0.39 is 17.2 Å². The van der Waals surface area contributed by atoms with E-state index >= 15 is 0 Å². The summed E-state index contributed by atoms with van der Waals surface area (Å²) in [6.45, 7) is 0.0517. The number of carbonyl (C=O) groups excluding carboxylic acids is 1. The van der Waals surface area contributed by atoms with Crippen LogP contribution in [0.1, 0.15) is 5.76 Å². The molecular formula is C21H17N7O4S. The number of aromatic nitrogens is 6. The maximum atomic E-state index is 12.6. The van der Waals surface area contributed by atoms with Crippen LogP contribution >= 0.6 is 11.8 Å². The molecule has 4 aromatic heterocycles. The van der Waals surface area contributed by atoms with E-state index in [0.29, 0.717) is 22.1 Å². The number of aromatic amines is 1. The Labute approximate surface area is 189 Å². The maximum Gasteiger partial charge on any atom is 0.330 e. The third kappa shape index (κ3) is 4.03. The summed E-state index contributed by atoms with van der Waals surface area (Å²) in [4.78, 5) is 43.3. The number of benzene rings is 1. The van der Waals surface area contributed by atoms with Crippen molar-refractivity contribution in [3.63, 3.8) is 0 Å². The van der Waals surface area contributed by atoms with Crippen LogP contribution in [-0.2, 0) is 18.4 Å². The summed E-state index contributed by atoms with van der Waals surface area (Å²) in [5, 5.41) is 12.3. The van der Waals surface area contributed by atoms with Gasteiger partial charge in [-0.3, -0.25) is 19.1 Å². The summed E-state index contributed by atoms with van der Waals surface area (Å²) < 4.78 is 8.39. The van der Waals surface area contributed by atoms with Gasteiger partial charge in [0.1, 0.15) is 17.1 Å². The molecule has 5 aromatic rings. The van der Waals surface area contributed by atoms with Gasteiger partial charge in [-0.25, -0.2) is 9.78 Å². The van der Waals surface area contributed by atoms with Crippen LogP contribution in [0.3, 0.4) is 0 Å². The van der Waals surface area contributed by atoms with Crippen molar-refractivity contribution in [2.45, 2.75) is 11.7 Å². The second-order valence-electron chi connectivity index (χ2n) is 7.17. The number of furan rings is 1. The molecule has 0 saturated carbocycles. The zero-order chi connectivity index (χ0) is 22.9. The first-order valence-electron chi connectivity index (χ1n) is 9.86. The number of H-pyrrole nitrogens is 1. The highest BCUT2D eigenvalue weighted by molar-refractivity contribution is 7.99. The van der Waals surface area contributed by atoms with Crippen molar-refractivity contribution in [3.8, 4) is 0 Å². The highest BCUT2D eigenvalue weighted by atomic mass is 32.2. The summed E-state index contributed by atoms with van der Waals surface area (Å²) in [5.41, 5.74) is 1.06. The van der Waals surface area contributed by atoms with Crippen molar-refractivity contribution in [1.29, 1.82) is 0 Å². The van der Waals surface area contributed by atoms with Gasteiger partial charge in [-0.2, -0.15) is 0 Å². The van der Waals surface area contributed by atoms with Gasteiger partial charge in [-0.1, -0.05) is 30.0 Å². The summed E-state index contributed by atoms with van der Waals surface area (Å²) >= 11 is 1.10. The second-order valence-corrected chi connectivity index (χ2v) is 8.11. The maximum absolute atomic E-state index is 12.6. The molecule has 33 heavy (non-hydrogen) atoms. The quantitative estimate of drug-likeness (QED) is 0.363. The number of carbonyl (C=O) groups is 1. The van der Waals surface area contributed by atoms with E-state index in [1.807, 2.05) is 35.9 Å². The molecule has 0 bridgehead atoms. The standard InChI is InChI=1S/C21H17N7O4S/c1-27-14-7-3-2-6-13(14)18-19(27)24-20(26-25-18)33-11-17(30)22-15-9-16(29)23-21(31)28(15)10-12-5-4-8-32-12/h2-9H,10-11H2,1H3,(H,22,30)(H,23,29,31). The van der Waals surface area contributed by atoms with Crippen LogP contribution in [0.15, 0.2) is 67.9 Å². The normalized spacial score (nSPS) is 11.3. The number of rotatable bonds is 6. The molecule has 11 nitrogen and oxygen atoms in total. The average molecular weight is 463 g/mol. The predicted octanol–water partition coefficient (Wildman–Crippen LogP) is 1.74. The van der Waals surface area contributed by atoms with E-state index in [-0.39, 0.29) is 18.1 Å². The fraction of sp³-hybridized carbons (Fsp3) is 0.143. The highest BCUT2D eigenvalue weighted by Crippen LogP contribution is 2.25. The average Bonchev–Trinajstić information content (AvgIpc) is 3.42. The molecule has 5 rings (SSSR count). The number of nitrogens with one attached hydrogen (secondary N) is 2. The van der Waals surface area contributed by atoms with Crippen LogP contribution in [0.5, 0.6) is 0 Å². The van der Waals surface area contributed by atoms with Gasteiger partial charge >= 0.3 is 5.69 Å². The van der Waals surface area contributed by atoms with Crippen LogP contribution in [0.4, 0.5) is 5.82 Å². The third-order valence-corrected chi connectivity index (χ3v) is 5.85. The molecule has 0 aliphatic heterocycles. The molecular weight excluding hydrogens is 446 g/mol. The molecule has 12 heteroatoms. The van der Waals surface area contributed by atoms with E-state index in [1.165, 1.54) is 10.8 Å². The molecule has 166 valence electrons. The number of anilines is 1. The summed E-state index contributed by atoms with van der Waals surface area (Å²) in [5.74, 6) is 0.0865. The third-order valence-electron chi connectivity index (χ3n) is 5.01. The van der Waals surface area contributed by atoms with Crippen LogP contribution in [0.25, 0.3) is 22.1 Å². The molecule has 0 atom stereocenters. The first kappa shape index (κ1) is 20.7. The number of thioether (sulfide) groups is 1. The van der Waals surface area contributed by atoms with E-state index in [9.17, 15) is 14.4 Å². The van der Waals surface area contributed by atoms with Crippen LogP contribution in [0, 0.1) is 0 Å². The number of hydrogen-bond donors (Lipinski definition) is 2. The van der Waals surface area contributed by atoms with Crippen molar-refractivity contribution >= 4 is 45.6 Å². The van der Waals surface area contributed by atoms with Gasteiger partial charge in [-0.15, -0.1) is 10.2 Å². The van der Waals surface area contributed by atoms with E-state index in [1.54, 1.807) is 12.1 Å². The molecule has 0 unspecified atom stereocenters. The molecule has 1 aromatic carbocycles. The smallest absolute Gasteiger partial charge is 0.330 e. The van der Waals surface area contributed by atoms with E-state index in [0.717, 1.165) is 28.7 Å². The second kappa shape index (κ2) is 8.39. The first-order chi connectivity index (χ1) is 16.0.